The van der Waals surface area contributed by atoms with Gasteiger partial charge in [0.15, 0.2) is 0 Å². The average Bonchev–Trinajstić information content (AvgIpc) is 3.15. The average molecular weight is 364 g/mol. The van der Waals surface area contributed by atoms with Crippen LogP contribution in [0.5, 0.6) is 0 Å². The highest BCUT2D eigenvalue weighted by Crippen LogP contribution is 2.25. The molecule has 8 heteroatoms. The molecule has 2 aromatic heterocycles. The van der Waals surface area contributed by atoms with Gasteiger partial charge in [-0.1, -0.05) is 53.3 Å². The Morgan fingerprint density at radius 2 is 1.92 bits per heavy atom. The second kappa shape index (κ2) is 6.93. The fourth-order valence-electron chi connectivity index (χ4n) is 2.45. The lowest BCUT2D eigenvalue weighted by Gasteiger charge is -2.00. The highest BCUT2D eigenvalue weighted by molar-refractivity contribution is 7.98. The molecule has 0 saturated heterocycles. The van der Waals surface area contributed by atoms with Crippen LogP contribution in [0.15, 0.2) is 70.2 Å². The van der Waals surface area contributed by atoms with E-state index in [0.717, 1.165) is 15.9 Å². The first-order valence-corrected chi connectivity index (χ1v) is 8.73. The fourth-order valence-corrected chi connectivity index (χ4v) is 3.17. The molecular formula is C18H12N4O3S. The zero-order valence-electron chi connectivity index (χ0n) is 13.4. The zero-order chi connectivity index (χ0) is 17.9. The molecule has 0 N–H and O–H groups in total. The summed E-state index contributed by atoms with van der Waals surface area (Å²) in [6, 6.07) is 18.0. The van der Waals surface area contributed by atoms with E-state index in [0.29, 0.717) is 23.0 Å². The number of rotatable bonds is 5. The van der Waals surface area contributed by atoms with Gasteiger partial charge in [-0.05, 0) is 12.1 Å². The zero-order valence-corrected chi connectivity index (χ0v) is 14.2. The molecule has 2 heterocycles. The number of aromatic nitrogens is 3. The third-order valence-electron chi connectivity index (χ3n) is 3.70. The molecule has 0 aliphatic rings. The van der Waals surface area contributed by atoms with Crippen LogP contribution in [0.2, 0.25) is 0 Å². The Morgan fingerprint density at radius 3 is 2.81 bits per heavy atom. The Labute approximate surface area is 152 Å². The maximum atomic E-state index is 10.9. The quantitative estimate of drug-likeness (QED) is 0.292. The van der Waals surface area contributed by atoms with E-state index in [2.05, 4.69) is 15.1 Å². The van der Waals surface area contributed by atoms with E-state index in [4.69, 9.17) is 4.52 Å². The number of fused-ring (bicyclic) bond motifs is 1. The molecule has 0 aliphatic heterocycles. The normalized spacial score (nSPS) is 10.9. The van der Waals surface area contributed by atoms with Gasteiger partial charge in [0.25, 0.3) is 5.69 Å². The number of para-hydroxylation sites is 1. The van der Waals surface area contributed by atoms with Crippen molar-refractivity contribution in [1.29, 1.82) is 0 Å². The molecule has 0 saturated carbocycles. The lowest BCUT2D eigenvalue weighted by Crippen LogP contribution is -1.89. The topological polar surface area (TPSA) is 95.0 Å². The molecule has 0 spiro atoms. The van der Waals surface area contributed by atoms with Crippen molar-refractivity contribution in [2.75, 3.05) is 0 Å². The van der Waals surface area contributed by atoms with Gasteiger partial charge in [-0.25, -0.2) is 4.98 Å². The summed E-state index contributed by atoms with van der Waals surface area (Å²) in [5, 5.41) is 16.7. The van der Waals surface area contributed by atoms with Gasteiger partial charge in [-0.2, -0.15) is 4.98 Å². The molecular weight excluding hydrogens is 352 g/mol. The first kappa shape index (κ1) is 16.2. The largest absolute Gasteiger partial charge is 0.338 e. The van der Waals surface area contributed by atoms with Gasteiger partial charge in [0.2, 0.25) is 11.7 Å². The minimum atomic E-state index is -0.453. The predicted molar refractivity (Wildman–Crippen MR) is 97.7 cm³/mol. The second-order valence-electron chi connectivity index (χ2n) is 5.45. The molecule has 7 nitrogen and oxygen atoms in total. The van der Waals surface area contributed by atoms with Crippen LogP contribution in [-0.2, 0) is 5.75 Å². The number of non-ortho nitro benzene ring substituents is 1. The molecule has 4 rings (SSSR count). The van der Waals surface area contributed by atoms with Crippen LogP contribution >= 0.6 is 11.8 Å². The van der Waals surface area contributed by atoms with E-state index in [1.165, 1.54) is 23.9 Å². The lowest BCUT2D eigenvalue weighted by molar-refractivity contribution is -0.384. The minimum Gasteiger partial charge on any atom is -0.338 e. The number of thioether (sulfide) groups is 1. The summed E-state index contributed by atoms with van der Waals surface area (Å²) in [5.41, 5.74) is 1.46. The van der Waals surface area contributed by atoms with Crippen molar-refractivity contribution in [1.82, 2.24) is 15.1 Å². The predicted octanol–water partition coefficient (Wildman–Crippen LogP) is 4.49. The van der Waals surface area contributed by atoms with E-state index in [1.807, 2.05) is 36.4 Å². The van der Waals surface area contributed by atoms with Gasteiger partial charge < -0.3 is 4.52 Å². The number of hydrogen-bond acceptors (Lipinski definition) is 7. The first-order valence-electron chi connectivity index (χ1n) is 7.75. The van der Waals surface area contributed by atoms with Crippen LogP contribution in [0.3, 0.4) is 0 Å². The third-order valence-corrected chi connectivity index (χ3v) is 4.61. The molecule has 0 unspecified atom stereocenters. The van der Waals surface area contributed by atoms with Gasteiger partial charge in [0.1, 0.15) is 0 Å². The Balaban J connectivity index is 1.49. The van der Waals surface area contributed by atoms with E-state index in [1.54, 1.807) is 12.1 Å². The Bertz CT molecular complexity index is 1100. The van der Waals surface area contributed by atoms with Crippen LogP contribution in [0.1, 0.15) is 5.89 Å². The first-order chi connectivity index (χ1) is 12.7. The molecule has 0 fully saturated rings. The van der Waals surface area contributed by atoms with Crippen LogP contribution in [0.4, 0.5) is 5.69 Å². The molecule has 0 atom stereocenters. The van der Waals surface area contributed by atoms with Crippen molar-refractivity contribution < 1.29 is 9.45 Å². The number of nitrogens with zero attached hydrogens (tertiary/aromatic N) is 4. The number of hydrogen-bond donors (Lipinski definition) is 0. The van der Waals surface area contributed by atoms with Crippen LogP contribution in [0.25, 0.3) is 22.3 Å². The smallest absolute Gasteiger partial charge is 0.270 e. The van der Waals surface area contributed by atoms with Gasteiger partial charge in [0, 0.05) is 23.1 Å². The molecule has 0 bridgehead atoms. The van der Waals surface area contributed by atoms with E-state index in [9.17, 15) is 10.1 Å². The number of pyridine rings is 1. The second-order valence-corrected chi connectivity index (χ2v) is 6.45. The Kier molecular flexibility index (Phi) is 4.32. The molecule has 26 heavy (non-hydrogen) atoms. The van der Waals surface area contributed by atoms with Crippen molar-refractivity contribution in [2.24, 2.45) is 0 Å². The summed E-state index contributed by atoms with van der Waals surface area (Å²) in [6.07, 6.45) is 0. The molecule has 2 aromatic carbocycles. The molecule has 0 radical (unpaired) electrons. The number of nitro benzene ring substituents is 1. The van der Waals surface area contributed by atoms with Crippen molar-refractivity contribution in [3.05, 3.63) is 76.7 Å². The van der Waals surface area contributed by atoms with Gasteiger partial charge >= 0.3 is 0 Å². The van der Waals surface area contributed by atoms with Crippen LogP contribution < -0.4 is 0 Å². The maximum Gasteiger partial charge on any atom is 0.270 e. The summed E-state index contributed by atoms with van der Waals surface area (Å²) in [7, 11) is 0. The molecule has 0 aliphatic carbocycles. The standard InChI is InChI=1S/C18H12N4O3S/c23-22(24)14-6-3-5-13(10-14)18-20-16(25-21-18)11-26-17-9-8-12-4-1-2-7-15(12)19-17/h1-10H,11H2. The van der Waals surface area contributed by atoms with E-state index >= 15 is 0 Å². The van der Waals surface area contributed by atoms with Crippen LogP contribution in [-0.4, -0.2) is 20.0 Å². The summed E-state index contributed by atoms with van der Waals surface area (Å²) < 4.78 is 5.25. The maximum absolute atomic E-state index is 10.9. The summed E-state index contributed by atoms with van der Waals surface area (Å²) >= 11 is 1.49. The highest BCUT2D eigenvalue weighted by atomic mass is 32.2. The van der Waals surface area contributed by atoms with Crippen LogP contribution in [0, 0.1) is 10.1 Å². The SMILES string of the molecule is O=[N+]([O-])c1cccc(-c2noc(CSc3ccc4ccccc4n3)n2)c1. The van der Waals surface area contributed by atoms with E-state index < -0.39 is 4.92 Å². The minimum absolute atomic E-state index is 0.0106. The summed E-state index contributed by atoms with van der Waals surface area (Å²) in [6.45, 7) is 0. The molecule has 128 valence electrons. The van der Waals surface area contributed by atoms with E-state index in [-0.39, 0.29) is 5.69 Å². The van der Waals surface area contributed by atoms with Gasteiger partial charge in [0.05, 0.1) is 21.2 Å². The van der Waals surface area contributed by atoms with Crippen molar-refractivity contribution >= 4 is 28.4 Å². The fraction of sp³-hybridized carbons (Fsp3) is 0.0556. The number of nitro groups is 1. The van der Waals surface area contributed by atoms with Gasteiger partial charge in [-0.15, -0.1) is 0 Å². The summed E-state index contributed by atoms with van der Waals surface area (Å²) in [4.78, 5) is 19.3. The highest BCUT2D eigenvalue weighted by Gasteiger charge is 2.13. The van der Waals surface area contributed by atoms with Crippen molar-refractivity contribution in [3.63, 3.8) is 0 Å². The lowest BCUT2D eigenvalue weighted by atomic mass is 10.2. The van der Waals surface area contributed by atoms with Crippen molar-refractivity contribution in [3.8, 4) is 11.4 Å². The Morgan fingerprint density at radius 1 is 1.04 bits per heavy atom. The van der Waals surface area contributed by atoms with Gasteiger partial charge in [-0.3, -0.25) is 10.1 Å². The monoisotopic (exact) mass is 364 g/mol. The summed E-state index contributed by atoms with van der Waals surface area (Å²) in [5.74, 6) is 1.23. The van der Waals surface area contributed by atoms with Crippen molar-refractivity contribution in [2.45, 2.75) is 10.8 Å². The third kappa shape index (κ3) is 3.40. The Hall–Kier alpha value is -3.26. The number of benzene rings is 2. The molecule has 0 amide bonds. The molecule has 4 aromatic rings.